The summed E-state index contributed by atoms with van der Waals surface area (Å²) in [6.07, 6.45) is 1.68. The molecule has 10 heteroatoms. The number of aryl methyl sites for hydroxylation is 3. The number of para-hydroxylation sites is 1. The van der Waals surface area contributed by atoms with Gasteiger partial charge >= 0.3 is 0 Å². The molecule has 0 spiro atoms. The lowest BCUT2D eigenvalue weighted by molar-refractivity contribution is 0.793. The van der Waals surface area contributed by atoms with Gasteiger partial charge in [-0.25, -0.2) is 14.5 Å². The van der Waals surface area contributed by atoms with E-state index in [2.05, 4.69) is 15.2 Å². The van der Waals surface area contributed by atoms with Crippen molar-refractivity contribution in [2.75, 3.05) is 0 Å². The van der Waals surface area contributed by atoms with Crippen LogP contribution in [0.5, 0.6) is 0 Å². The Hall–Kier alpha value is -4.31. The van der Waals surface area contributed by atoms with Crippen molar-refractivity contribution in [3.8, 4) is 5.82 Å². The van der Waals surface area contributed by atoms with E-state index in [1.807, 2.05) is 66.8 Å². The average molecular weight is 496 g/mol. The predicted octanol–water partition coefficient (Wildman–Crippen LogP) is 3.58. The van der Waals surface area contributed by atoms with Crippen LogP contribution in [0.4, 0.5) is 0 Å². The fraction of sp³-hybridized carbons (Fsp3) is 0.154. The van der Waals surface area contributed by atoms with E-state index < -0.39 is 0 Å². The number of fused-ring (bicyclic) bond motifs is 4. The van der Waals surface area contributed by atoms with Gasteiger partial charge in [-0.15, -0.1) is 10.2 Å². The van der Waals surface area contributed by atoms with Crippen LogP contribution in [0.25, 0.3) is 33.4 Å². The van der Waals surface area contributed by atoms with Gasteiger partial charge in [-0.05, 0) is 55.8 Å². The summed E-state index contributed by atoms with van der Waals surface area (Å²) in [5.41, 5.74) is 3.03. The molecule has 4 aromatic heterocycles. The molecule has 9 nitrogen and oxygen atoms in total. The number of hydrogen-bond donors (Lipinski definition) is 0. The highest BCUT2D eigenvalue weighted by Gasteiger charge is 2.18. The van der Waals surface area contributed by atoms with Crippen LogP contribution in [0.3, 0.4) is 0 Å². The molecule has 0 radical (unpaired) electrons. The zero-order chi connectivity index (χ0) is 25.0. The molecule has 0 saturated carbocycles. The Morgan fingerprint density at radius 2 is 1.69 bits per heavy atom. The number of nitrogens with zero attached hydrogens (tertiary/aromatic N) is 7. The lowest BCUT2D eigenvalue weighted by Crippen LogP contribution is -2.23. The molecule has 4 heterocycles. The van der Waals surface area contributed by atoms with Crippen molar-refractivity contribution in [1.82, 2.24) is 33.7 Å². The van der Waals surface area contributed by atoms with E-state index in [4.69, 9.17) is 4.98 Å². The second-order valence-corrected chi connectivity index (χ2v) is 9.61. The number of thioether (sulfide) groups is 1. The van der Waals surface area contributed by atoms with E-state index in [1.54, 1.807) is 23.9 Å². The molecule has 178 valence electrons. The van der Waals surface area contributed by atoms with Gasteiger partial charge < -0.3 is 0 Å². The van der Waals surface area contributed by atoms with Crippen LogP contribution in [0.2, 0.25) is 0 Å². The van der Waals surface area contributed by atoms with Gasteiger partial charge in [0.25, 0.3) is 11.1 Å². The third-order valence-corrected chi connectivity index (χ3v) is 7.08. The molecular formula is C26H21N7O2S. The zero-order valence-electron chi connectivity index (χ0n) is 19.8. The maximum absolute atomic E-state index is 13.5. The fourth-order valence-corrected chi connectivity index (χ4v) is 5.25. The number of benzene rings is 2. The summed E-state index contributed by atoms with van der Waals surface area (Å²) >= 11 is 1.37. The lowest BCUT2D eigenvalue weighted by atomic mass is 10.1. The van der Waals surface area contributed by atoms with Gasteiger partial charge in [0.15, 0.2) is 5.16 Å². The van der Waals surface area contributed by atoms with Crippen LogP contribution in [0.15, 0.2) is 75.5 Å². The Morgan fingerprint density at radius 1 is 0.889 bits per heavy atom. The van der Waals surface area contributed by atoms with Gasteiger partial charge in [0, 0.05) is 13.2 Å². The molecule has 0 aliphatic rings. The first-order valence-electron chi connectivity index (χ1n) is 11.3. The molecule has 0 unspecified atom stereocenters. The highest BCUT2D eigenvalue weighted by atomic mass is 32.2. The topological polar surface area (TPSA) is 100.0 Å². The van der Waals surface area contributed by atoms with Crippen LogP contribution >= 0.6 is 11.8 Å². The summed E-state index contributed by atoms with van der Waals surface area (Å²) in [4.78, 5) is 35.7. The van der Waals surface area contributed by atoms with Crippen molar-refractivity contribution in [3.05, 3.63) is 98.5 Å². The monoisotopic (exact) mass is 495 g/mol. The van der Waals surface area contributed by atoms with Crippen molar-refractivity contribution >= 4 is 39.3 Å². The number of aromatic nitrogens is 7. The quantitative estimate of drug-likeness (QED) is 0.272. The SMILES string of the molecule is Cc1ccnc(-n2c(SCc3nnc4n(C)c(=O)c5cc(C)ccc5n34)nc3ccccc3c2=O)c1. The average Bonchev–Trinajstić information content (AvgIpc) is 3.30. The lowest BCUT2D eigenvalue weighted by Gasteiger charge is -2.13. The van der Waals surface area contributed by atoms with Crippen molar-refractivity contribution in [2.45, 2.75) is 24.8 Å². The van der Waals surface area contributed by atoms with Crippen LogP contribution in [-0.2, 0) is 12.8 Å². The van der Waals surface area contributed by atoms with E-state index in [1.165, 1.54) is 16.3 Å². The molecule has 0 amide bonds. The van der Waals surface area contributed by atoms with Gasteiger partial charge in [0.2, 0.25) is 5.78 Å². The maximum atomic E-state index is 13.5. The minimum atomic E-state index is -0.185. The molecule has 36 heavy (non-hydrogen) atoms. The molecule has 0 atom stereocenters. The largest absolute Gasteiger partial charge is 0.279 e. The second kappa shape index (κ2) is 8.42. The third kappa shape index (κ3) is 3.49. The van der Waals surface area contributed by atoms with Gasteiger partial charge in [-0.3, -0.25) is 18.6 Å². The molecule has 2 aromatic carbocycles. The smallest absolute Gasteiger partial charge is 0.267 e. The zero-order valence-corrected chi connectivity index (χ0v) is 20.7. The van der Waals surface area contributed by atoms with E-state index in [0.717, 1.165) is 16.6 Å². The Balaban J connectivity index is 1.52. The molecule has 6 aromatic rings. The minimum absolute atomic E-state index is 0.122. The van der Waals surface area contributed by atoms with Gasteiger partial charge in [-0.2, -0.15) is 0 Å². The summed E-state index contributed by atoms with van der Waals surface area (Å²) in [5.74, 6) is 1.98. The Labute approximate surface area is 209 Å². The van der Waals surface area contributed by atoms with E-state index >= 15 is 0 Å². The maximum Gasteiger partial charge on any atom is 0.267 e. The van der Waals surface area contributed by atoms with Crippen LogP contribution in [0.1, 0.15) is 17.0 Å². The molecule has 0 aliphatic heterocycles. The first-order valence-corrected chi connectivity index (χ1v) is 12.3. The second-order valence-electron chi connectivity index (χ2n) is 8.67. The number of rotatable bonds is 4. The summed E-state index contributed by atoms with van der Waals surface area (Å²) in [6.45, 7) is 3.91. The van der Waals surface area contributed by atoms with Crippen molar-refractivity contribution < 1.29 is 0 Å². The number of hydrogen-bond acceptors (Lipinski definition) is 7. The van der Waals surface area contributed by atoms with E-state index in [-0.39, 0.29) is 11.1 Å². The number of pyridine rings is 1. The van der Waals surface area contributed by atoms with Gasteiger partial charge in [0.05, 0.1) is 27.6 Å². The summed E-state index contributed by atoms with van der Waals surface area (Å²) in [7, 11) is 1.69. The van der Waals surface area contributed by atoms with Crippen LogP contribution in [-0.4, -0.2) is 33.7 Å². The Morgan fingerprint density at radius 3 is 2.53 bits per heavy atom. The van der Waals surface area contributed by atoms with Crippen LogP contribution in [0, 0.1) is 13.8 Å². The van der Waals surface area contributed by atoms with Crippen molar-refractivity contribution in [2.24, 2.45) is 7.05 Å². The first-order chi connectivity index (χ1) is 17.4. The molecule has 6 rings (SSSR count). The summed E-state index contributed by atoms with van der Waals surface area (Å²) in [5, 5.41) is 10.3. The van der Waals surface area contributed by atoms with Crippen LogP contribution < -0.4 is 11.1 Å². The van der Waals surface area contributed by atoms with E-state index in [9.17, 15) is 9.59 Å². The van der Waals surface area contributed by atoms with Crippen molar-refractivity contribution in [1.29, 1.82) is 0 Å². The highest BCUT2D eigenvalue weighted by molar-refractivity contribution is 7.98. The third-order valence-electron chi connectivity index (χ3n) is 6.15. The fourth-order valence-electron chi connectivity index (χ4n) is 4.34. The standard InChI is InChI=1S/C26H21N7O2S/c1-15-8-9-20-18(12-15)23(34)31(3)25-30-29-22(32(20)25)14-36-26-28-19-7-5-4-6-17(19)24(35)33(26)21-13-16(2)10-11-27-21/h4-13H,14H2,1-3H3. The summed E-state index contributed by atoms with van der Waals surface area (Å²) in [6, 6.07) is 16.8. The Kier molecular flexibility index (Phi) is 5.18. The normalized spacial score (nSPS) is 11.6. The molecule has 0 N–H and O–H groups in total. The van der Waals surface area contributed by atoms with E-state index in [0.29, 0.717) is 44.6 Å². The molecule has 0 bridgehead atoms. The van der Waals surface area contributed by atoms with Crippen molar-refractivity contribution in [3.63, 3.8) is 0 Å². The highest BCUT2D eigenvalue weighted by Crippen LogP contribution is 2.25. The minimum Gasteiger partial charge on any atom is -0.279 e. The molecule has 0 fully saturated rings. The molecule has 0 saturated heterocycles. The van der Waals surface area contributed by atoms with Gasteiger partial charge in [0.1, 0.15) is 11.6 Å². The predicted molar refractivity (Wildman–Crippen MR) is 140 cm³/mol. The van der Waals surface area contributed by atoms with Gasteiger partial charge in [-0.1, -0.05) is 35.5 Å². The first kappa shape index (κ1) is 22.2. The Bertz CT molecular complexity index is 1940. The summed E-state index contributed by atoms with van der Waals surface area (Å²) < 4.78 is 4.93. The molecule has 0 aliphatic carbocycles. The molecular weight excluding hydrogens is 474 g/mol.